The van der Waals surface area contributed by atoms with Gasteiger partial charge in [-0.25, -0.2) is 4.79 Å². The number of nitrogens with two attached hydrogens (primary N) is 1. The van der Waals surface area contributed by atoms with E-state index in [2.05, 4.69) is 16.7 Å². The Kier molecular flexibility index (Phi) is 12.1. The van der Waals surface area contributed by atoms with Crippen molar-refractivity contribution < 1.29 is 33.4 Å². The first-order chi connectivity index (χ1) is 17.3. The van der Waals surface area contributed by atoms with Gasteiger partial charge in [0.25, 0.3) is 5.91 Å². The second-order valence-corrected chi connectivity index (χ2v) is 9.20. The molecule has 2 unspecified atom stereocenters. The van der Waals surface area contributed by atoms with Crippen LogP contribution in [0.4, 0.5) is 4.79 Å². The molecular weight excluding hydrogens is 480 g/mol. The standard InChI is InChI=1S/C26H36N4O7/c1-7-30(24(34)19(13-14-20(27)31)29-25(35)37-26(4,5)6)22(18-11-9-17(3)10-12-18)23(33)28-16-15-21(32)36-8-2/h1,9-12,19,22H,8,13-16H2,2-6H3,(H2,27,31)(H,28,33)(H,29,35). The molecule has 4 amide bonds. The van der Waals surface area contributed by atoms with Crippen LogP contribution in [-0.4, -0.2) is 59.5 Å². The number of esters is 1. The molecule has 2 atom stereocenters. The normalized spacial score (nSPS) is 12.3. The largest absolute Gasteiger partial charge is 0.466 e. The third-order valence-corrected chi connectivity index (χ3v) is 4.88. The maximum absolute atomic E-state index is 13.5. The van der Waals surface area contributed by atoms with Crippen molar-refractivity contribution in [1.82, 2.24) is 15.5 Å². The molecule has 0 saturated heterocycles. The minimum atomic E-state index is -1.31. The number of nitrogens with one attached hydrogen (secondary N) is 2. The Balaban J connectivity index is 3.28. The number of benzene rings is 1. The molecule has 37 heavy (non-hydrogen) atoms. The predicted molar refractivity (Wildman–Crippen MR) is 135 cm³/mol. The van der Waals surface area contributed by atoms with E-state index in [0.29, 0.717) is 5.56 Å². The summed E-state index contributed by atoms with van der Waals surface area (Å²) in [6.07, 6.45) is 4.30. The van der Waals surface area contributed by atoms with Crippen LogP contribution < -0.4 is 16.4 Å². The number of rotatable bonds is 12. The second-order valence-electron chi connectivity index (χ2n) is 9.20. The molecule has 0 aromatic heterocycles. The lowest BCUT2D eigenvalue weighted by atomic mass is 10.0. The lowest BCUT2D eigenvalue weighted by Gasteiger charge is -2.30. The van der Waals surface area contributed by atoms with Crippen molar-refractivity contribution in [2.75, 3.05) is 13.2 Å². The fourth-order valence-electron chi connectivity index (χ4n) is 3.21. The summed E-state index contributed by atoms with van der Waals surface area (Å²) in [4.78, 5) is 63.1. The number of ether oxygens (including phenoxy) is 2. The second kappa shape index (κ2) is 14.5. The van der Waals surface area contributed by atoms with Crippen molar-refractivity contribution in [3.63, 3.8) is 0 Å². The summed E-state index contributed by atoms with van der Waals surface area (Å²) >= 11 is 0. The highest BCUT2D eigenvalue weighted by molar-refractivity contribution is 5.93. The average Bonchev–Trinajstić information content (AvgIpc) is 2.79. The maximum atomic E-state index is 13.5. The number of nitrogens with zero attached hydrogens (tertiary/aromatic N) is 1. The maximum Gasteiger partial charge on any atom is 0.408 e. The van der Waals surface area contributed by atoms with E-state index in [9.17, 15) is 24.0 Å². The molecule has 4 N–H and O–H groups in total. The number of hydrogen-bond donors (Lipinski definition) is 3. The van der Waals surface area contributed by atoms with E-state index < -0.39 is 47.5 Å². The van der Waals surface area contributed by atoms with Gasteiger partial charge in [0.1, 0.15) is 17.7 Å². The van der Waals surface area contributed by atoms with E-state index in [4.69, 9.17) is 21.6 Å². The van der Waals surface area contributed by atoms with Gasteiger partial charge in [0.05, 0.1) is 13.0 Å². The summed E-state index contributed by atoms with van der Waals surface area (Å²) < 4.78 is 10.1. The van der Waals surface area contributed by atoms with E-state index in [-0.39, 0.29) is 32.4 Å². The highest BCUT2D eigenvalue weighted by Gasteiger charge is 2.36. The molecule has 0 bridgehead atoms. The van der Waals surface area contributed by atoms with Crippen molar-refractivity contribution in [2.45, 2.75) is 71.6 Å². The van der Waals surface area contributed by atoms with Crippen LogP contribution in [0, 0.1) is 19.4 Å². The van der Waals surface area contributed by atoms with E-state index in [1.165, 1.54) is 0 Å². The van der Waals surface area contributed by atoms with Crippen LogP contribution in [0.3, 0.4) is 0 Å². The highest BCUT2D eigenvalue weighted by Crippen LogP contribution is 2.23. The van der Waals surface area contributed by atoms with E-state index >= 15 is 0 Å². The van der Waals surface area contributed by atoms with Crippen molar-refractivity contribution in [2.24, 2.45) is 5.73 Å². The SMILES string of the molecule is C#CN(C(=O)C(CCC(N)=O)NC(=O)OC(C)(C)C)C(C(=O)NCCC(=O)OCC)c1ccc(C)cc1. The summed E-state index contributed by atoms with van der Waals surface area (Å²) in [6.45, 7) is 8.62. The van der Waals surface area contributed by atoms with Gasteiger partial charge >= 0.3 is 12.1 Å². The summed E-state index contributed by atoms with van der Waals surface area (Å²) in [6, 6.07) is 6.40. The molecule has 1 aromatic carbocycles. The van der Waals surface area contributed by atoms with Gasteiger partial charge < -0.3 is 25.8 Å². The number of aryl methyl sites for hydroxylation is 1. The van der Waals surface area contributed by atoms with Crippen LogP contribution in [0.2, 0.25) is 0 Å². The third kappa shape index (κ3) is 11.0. The first-order valence-electron chi connectivity index (χ1n) is 11.9. The molecule has 0 heterocycles. The summed E-state index contributed by atoms with van der Waals surface area (Å²) in [5, 5.41) is 5.02. The fourth-order valence-corrected chi connectivity index (χ4v) is 3.21. The summed E-state index contributed by atoms with van der Waals surface area (Å²) in [5.74, 6) is -2.65. The Labute approximate surface area is 217 Å². The van der Waals surface area contributed by atoms with Crippen molar-refractivity contribution >= 4 is 29.8 Å². The van der Waals surface area contributed by atoms with Gasteiger partial charge in [0.2, 0.25) is 11.8 Å². The van der Waals surface area contributed by atoms with Crippen LogP contribution >= 0.6 is 0 Å². The van der Waals surface area contributed by atoms with Crippen molar-refractivity contribution in [3.05, 3.63) is 35.4 Å². The molecule has 1 aromatic rings. The van der Waals surface area contributed by atoms with Gasteiger partial charge in [-0.1, -0.05) is 36.3 Å². The van der Waals surface area contributed by atoms with Crippen LogP contribution in [0.5, 0.6) is 0 Å². The number of terminal acetylenes is 1. The van der Waals surface area contributed by atoms with E-state index in [0.717, 1.165) is 10.5 Å². The zero-order chi connectivity index (χ0) is 28.2. The highest BCUT2D eigenvalue weighted by atomic mass is 16.6. The molecule has 0 aliphatic carbocycles. The zero-order valence-electron chi connectivity index (χ0n) is 22.0. The van der Waals surface area contributed by atoms with Gasteiger partial charge in [-0.2, -0.15) is 0 Å². The minimum absolute atomic E-state index is 0.0477. The summed E-state index contributed by atoms with van der Waals surface area (Å²) in [5.41, 5.74) is 5.71. The van der Waals surface area contributed by atoms with Gasteiger partial charge in [-0.3, -0.25) is 24.1 Å². The fraction of sp³-hybridized carbons (Fsp3) is 0.500. The Hall–Kier alpha value is -4.07. The molecule has 0 aliphatic rings. The Bertz CT molecular complexity index is 1010. The number of hydrogen-bond acceptors (Lipinski definition) is 7. The van der Waals surface area contributed by atoms with Crippen LogP contribution in [0.15, 0.2) is 24.3 Å². The number of amides is 4. The van der Waals surface area contributed by atoms with Crippen LogP contribution in [0.25, 0.3) is 0 Å². The molecule has 0 saturated carbocycles. The first kappa shape index (κ1) is 31.0. The van der Waals surface area contributed by atoms with Gasteiger partial charge in [-0.05, 0) is 46.6 Å². The molecule has 202 valence electrons. The van der Waals surface area contributed by atoms with Crippen LogP contribution in [0.1, 0.15) is 64.1 Å². The zero-order valence-corrected chi connectivity index (χ0v) is 22.0. The lowest BCUT2D eigenvalue weighted by Crippen LogP contribution is -2.51. The first-order valence-corrected chi connectivity index (χ1v) is 11.9. The van der Waals surface area contributed by atoms with Gasteiger partial charge in [0.15, 0.2) is 0 Å². The number of primary amides is 1. The molecule has 11 heteroatoms. The van der Waals surface area contributed by atoms with Crippen molar-refractivity contribution in [3.8, 4) is 12.5 Å². The Morgan fingerprint density at radius 3 is 2.24 bits per heavy atom. The predicted octanol–water partition coefficient (Wildman–Crippen LogP) is 1.68. The van der Waals surface area contributed by atoms with E-state index in [1.54, 1.807) is 52.0 Å². The molecule has 11 nitrogen and oxygen atoms in total. The smallest absolute Gasteiger partial charge is 0.408 e. The number of carbonyl (C=O) groups excluding carboxylic acids is 5. The molecule has 0 aliphatic heterocycles. The molecule has 0 spiro atoms. The molecule has 0 radical (unpaired) electrons. The molecule has 1 rings (SSSR count). The number of carbonyl (C=O) groups is 5. The number of alkyl carbamates (subject to hydrolysis) is 1. The van der Waals surface area contributed by atoms with Crippen molar-refractivity contribution in [1.29, 1.82) is 0 Å². The third-order valence-electron chi connectivity index (χ3n) is 4.88. The Morgan fingerprint density at radius 1 is 1.11 bits per heavy atom. The lowest BCUT2D eigenvalue weighted by molar-refractivity contribution is -0.143. The minimum Gasteiger partial charge on any atom is -0.466 e. The molecule has 0 fully saturated rings. The quantitative estimate of drug-likeness (QED) is 0.217. The van der Waals surface area contributed by atoms with Gasteiger partial charge in [-0.15, -0.1) is 0 Å². The van der Waals surface area contributed by atoms with Crippen LogP contribution in [-0.2, 0) is 28.7 Å². The Morgan fingerprint density at radius 2 is 1.73 bits per heavy atom. The monoisotopic (exact) mass is 516 g/mol. The topological polar surface area (TPSA) is 157 Å². The molecular formula is C26H36N4O7. The van der Waals surface area contributed by atoms with Gasteiger partial charge in [0, 0.05) is 19.0 Å². The van der Waals surface area contributed by atoms with E-state index in [1.807, 2.05) is 6.92 Å². The summed E-state index contributed by atoms with van der Waals surface area (Å²) in [7, 11) is 0. The average molecular weight is 517 g/mol.